The number of ether oxygens (including phenoxy) is 3. The van der Waals surface area contributed by atoms with Crippen molar-refractivity contribution in [3.05, 3.63) is 129 Å². The van der Waals surface area contributed by atoms with Crippen LogP contribution in [0.2, 0.25) is 0 Å². The van der Waals surface area contributed by atoms with Gasteiger partial charge in [-0.2, -0.15) is 0 Å². The Balaban J connectivity index is 0.754. The third kappa shape index (κ3) is 13.8. The number of amides is 4. The Labute approximate surface area is 469 Å². The zero-order chi connectivity index (χ0) is 57.3. The number of nitrogens with zero attached hydrogens (tertiary/aromatic N) is 5. The van der Waals surface area contributed by atoms with Crippen LogP contribution in [0.15, 0.2) is 89.4 Å². The standard InChI is InChI=1S/C61H71FN8O9S/c1-9-38-20-24-47-44(27-38)54(73)53(37(3)69(47)7)58(75)67-41-23-25-49(45(62)28-41)79-59-43-30-50(77-8)51(31-46(43)64-34-65-59)78-26-16-14-12-10-11-13-15-17-52(72)68-56(61(4,5)6)60(76)70-33-42(71)29-48(70)57(74)63-32-39-18-21-40(22-19-39)55-36(2)66-35-80-55/h18-25,27-28,30-31,34-35,42,48,56,71H,9-17,26,29,32-33H2,1-8H3,(H,63,74)(H,67,75)(H,68,72). The van der Waals surface area contributed by atoms with E-state index in [1.165, 1.54) is 30.5 Å². The van der Waals surface area contributed by atoms with E-state index in [0.29, 0.717) is 52.0 Å². The van der Waals surface area contributed by atoms with Crippen LogP contribution in [0.25, 0.3) is 32.2 Å². The molecule has 4 aromatic carbocycles. The first kappa shape index (κ1) is 58.4. The molecule has 3 aromatic heterocycles. The van der Waals surface area contributed by atoms with Crippen LogP contribution in [-0.4, -0.2) is 91.6 Å². The molecule has 0 aliphatic carbocycles. The predicted molar refractivity (Wildman–Crippen MR) is 308 cm³/mol. The maximum absolute atomic E-state index is 15.6. The molecule has 19 heteroatoms. The Morgan fingerprint density at radius 1 is 0.863 bits per heavy atom. The number of likely N-dealkylation sites (tertiary alicyclic amines) is 1. The second kappa shape index (κ2) is 26.0. The van der Waals surface area contributed by atoms with Gasteiger partial charge in [-0.05, 0) is 85.5 Å². The number of thiazole rings is 1. The maximum atomic E-state index is 15.6. The highest BCUT2D eigenvalue weighted by atomic mass is 32.1. The molecule has 1 aliphatic heterocycles. The van der Waals surface area contributed by atoms with Crippen molar-refractivity contribution in [3.8, 4) is 33.6 Å². The van der Waals surface area contributed by atoms with Gasteiger partial charge in [0.05, 0.1) is 52.3 Å². The van der Waals surface area contributed by atoms with Crippen LogP contribution in [0, 0.1) is 25.1 Å². The van der Waals surface area contributed by atoms with Crippen LogP contribution in [0.5, 0.6) is 23.1 Å². The van der Waals surface area contributed by atoms with Crippen molar-refractivity contribution >= 4 is 62.5 Å². The lowest BCUT2D eigenvalue weighted by Crippen LogP contribution is -2.57. The Hall–Kier alpha value is -7.77. The van der Waals surface area contributed by atoms with Crippen molar-refractivity contribution in [3.63, 3.8) is 0 Å². The van der Waals surface area contributed by atoms with Gasteiger partial charge in [0, 0.05) is 61.9 Å². The van der Waals surface area contributed by atoms with E-state index in [9.17, 15) is 29.1 Å². The lowest BCUT2D eigenvalue weighted by Gasteiger charge is -2.35. The molecule has 0 bridgehead atoms. The molecular weight excluding hydrogens is 1040 g/mol. The molecular formula is C61H71FN8O9S. The number of carbonyl (C=O) groups excluding carboxylic acids is 4. The first-order valence-electron chi connectivity index (χ1n) is 27.3. The number of carbonyl (C=O) groups is 4. The summed E-state index contributed by atoms with van der Waals surface area (Å²) in [7, 11) is 3.31. The Bertz CT molecular complexity index is 3450. The molecule has 1 aliphatic rings. The van der Waals surface area contributed by atoms with E-state index in [-0.39, 0.29) is 66.5 Å². The summed E-state index contributed by atoms with van der Waals surface area (Å²) in [6.45, 7) is 12.0. The molecule has 80 heavy (non-hydrogen) atoms. The van der Waals surface area contributed by atoms with Gasteiger partial charge < -0.3 is 44.7 Å². The number of aliphatic hydroxyl groups is 1. The monoisotopic (exact) mass is 1110 g/mol. The second-order valence-electron chi connectivity index (χ2n) is 21.5. The van der Waals surface area contributed by atoms with Crippen molar-refractivity contribution in [2.24, 2.45) is 12.5 Å². The summed E-state index contributed by atoms with van der Waals surface area (Å²) in [5.41, 5.74) is 6.45. The van der Waals surface area contributed by atoms with Gasteiger partial charge in [-0.15, -0.1) is 11.3 Å². The van der Waals surface area contributed by atoms with E-state index in [1.54, 1.807) is 48.1 Å². The van der Waals surface area contributed by atoms with Crippen LogP contribution in [0.3, 0.4) is 0 Å². The van der Waals surface area contributed by atoms with Gasteiger partial charge in [0.2, 0.25) is 29.0 Å². The highest BCUT2D eigenvalue weighted by Crippen LogP contribution is 2.37. The van der Waals surface area contributed by atoms with Crippen molar-refractivity contribution < 1.29 is 42.9 Å². The molecule has 4 N–H and O–H groups in total. The van der Waals surface area contributed by atoms with Gasteiger partial charge in [0.1, 0.15) is 24.0 Å². The lowest BCUT2D eigenvalue weighted by molar-refractivity contribution is -0.144. The van der Waals surface area contributed by atoms with Crippen LogP contribution >= 0.6 is 11.3 Å². The number of pyridine rings is 1. The van der Waals surface area contributed by atoms with E-state index in [0.717, 1.165) is 78.3 Å². The molecule has 1 fully saturated rings. The van der Waals surface area contributed by atoms with Crippen LogP contribution in [0.1, 0.15) is 118 Å². The number of aryl methyl sites for hydroxylation is 3. The number of methoxy groups -OCH3 is 1. The molecule has 422 valence electrons. The Morgan fingerprint density at radius 3 is 2.27 bits per heavy atom. The summed E-state index contributed by atoms with van der Waals surface area (Å²) in [6.07, 6.45) is 7.67. The number of halogens is 1. The number of hydrogen-bond donors (Lipinski definition) is 4. The number of benzene rings is 4. The number of aromatic nitrogens is 4. The van der Waals surface area contributed by atoms with Crippen LogP contribution in [-0.2, 0) is 34.4 Å². The maximum Gasteiger partial charge on any atom is 0.261 e. The first-order valence-corrected chi connectivity index (χ1v) is 28.1. The van der Waals surface area contributed by atoms with Crippen molar-refractivity contribution in [1.29, 1.82) is 0 Å². The molecule has 0 spiro atoms. The minimum Gasteiger partial charge on any atom is -0.493 e. The highest BCUT2D eigenvalue weighted by Gasteiger charge is 2.44. The largest absolute Gasteiger partial charge is 0.493 e. The normalized spacial score (nSPS) is 14.8. The predicted octanol–water partition coefficient (Wildman–Crippen LogP) is 10.3. The number of fused-ring (bicyclic) bond motifs is 2. The summed E-state index contributed by atoms with van der Waals surface area (Å²) in [5.74, 6) is -1.57. The third-order valence-electron chi connectivity index (χ3n) is 14.7. The van der Waals surface area contributed by atoms with Gasteiger partial charge in [-0.25, -0.2) is 19.3 Å². The minimum atomic E-state index is -0.886. The smallest absolute Gasteiger partial charge is 0.261 e. The Kier molecular flexibility index (Phi) is 19.0. The SMILES string of the molecule is CCc1ccc2c(c1)c(=O)c(C(=O)Nc1ccc(Oc3ncnc4cc(OCCCCCCCCCC(=O)NC(C(=O)N5CC(O)CC5C(=O)NCc5ccc(-c6scnc6C)cc5)C(C)(C)C)c(OC)cc34)c(F)c1)c(C)n2C. The summed E-state index contributed by atoms with van der Waals surface area (Å²) >= 11 is 1.57. The topological polar surface area (TPSA) is 216 Å². The van der Waals surface area contributed by atoms with Crippen LogP contribution < -0.4 is 35.6 Å². The highest BCUT2D eigenvalue weighted by molar-refractivity contribution is 7.13. The molecule has 17 nitrogen and oxygen atoms in total. The van der Waals surface area contributed by atoms with Crippen LogP contribution in [0.4, 0.5) is 10.1 Å². The molecule has 4 amide bonds. The molecule has 0 saturated carbocycles. The van der Waals surface area contributed by atoms with Crippen molar-refractivity contribution in [1.82, 2.24) is 35.1 Å². The fraction of sp³-hybridized carbons (Fsp3) is 0.410. The van der Waals surface area contributed by atoms with E-state index in [1.807, 2.05) is 76.5 Å². The zero-order valence-electron chi connectivity index (χ0n) is 46.7. The average molecular weight is 1110 g/mol. The average Bonchev–Trinajstić information content (AvgIpc) is 4.08. The van der Waals surface area contributed by atoms with Crippen molar-refractivity contribution in [2.45, 2.75) is 130 Å². The number of hydrogen-bond acceptors (Lipinski definition) is 13. The zero-order valence-corrected chi connectivity index (χ0v) is 47.6. The van der Waals surface area contributed by atoms with Gasteiger partial charge >= 0.3 is 0 Å². The molecule has 8 rings (SSSR count). The molecule has 3 unspecified atom stereocenters. The second-order valence-corrected chi connectivity index (χ2v) is 22.3. The summed E-state index contributed by atoms with van der Waals surface area (Å²) < 4.78 is 35.2. The van der Waals surface area contributed by atoms with Crippen molar-refractivity contribution in [2.75, 3.05) is 25.6 Å². The Morgan fingerprint density at radius 2 is 1.59 bits per heavy atom. The summed E-state index contributed by atoms with van der Waals surface area (Å²) in [4.78, 5) is 83.4. The van der Waals surface area contributed by atoms with E-state index in [4.69, 9.17) is 14.2 Å². The van der Waals surface area contributed by atoms with E-state index < -0.39 is 40.8 Å². The number of unbranched alkanes of at least 4 members (excludes halogenated alkanes) is 6. The number of aliphatic hydroxyl groups excluding tert-OH is 1. The quantitative estimate of drug-likeness (QED) is 0.0440. The number of β-amino-alcohol motifs (C(OH)–C–C–N with tert-alkyl or cyclic N) is 1. The minimum absolute atomic E-state index is 0.00776. The third-order valence-corrected chi connectivity index (χ3v) is 15.7. The summed E-state index contributed by atoms with van der Waals surface area (Å²) in [5, 5.41) is 20.1. The molecule has 3 atom stereocenters. The number of rotatable bonds is 23. The molecule has 4 heterocycles. The van der Waals surface area contributed by atoms with Gasteiger partial charge in [-0.3, -0.25) is 24.0 Å². The molecule has 0 radical (unpaired) electrons. The fourth-order valence-corrected chi connectivity index (χ4v) is 10.8. The van der Waals surface area contributed by atoms with E-state index >= 15 is 4.39 Å². The number of anilines is 1. The lowest BCUT2D eigenvalue weighted by atomic mass is 9.85. The molecule has 1 saturated heterocycles. The first-order chi connectivity index (χ1) is 38.3. The summed E-state index contributed by atoms with van der Waals surface area (Å²) in [6, 6.07) is 19.1. The molecule has 7 aromatic rings. The van der Waals surface area contributed by atoms with Gasteiger partial charge in [0.25, 0.3) is 5.91 Å². The number of nitrogens with one attached hydrogen (secondary N) is 3. The fourth-order valence-electron chi connectivity index (χ4n) is 10.0. The van der Waals surface area contributed by atoms with Gasteiger partial charge in [-0.1, -0.05) is 90.1 Å². The van der Waals surface area contributed by atoms with E-state index in [2.05, 4.69) is 30.9 Å². The van der Waals surface area contributed by atoms with Gasteiger partial charge in [0.15, 0.2) is 23.1 Å².